The number of carbonyl (C=O) groups excluding carboxylic acids is 1. The van der Waals surface area contributed by atoms with Crippen molar-refractivity contribution in [1.29, 1.82) is 0 Å². The van der Waals surface area contributed by atoms with Gasteiger partial charge in [0, 0.05) is 18.0 Å². The van der Waals surface area contributed by atoms with E-state index >= 15 is 0 Å². The molecule has 184 valence electrons. The van der Waals surface area contributed by atoms with Crippen LogP contribution in [0.15, 0.2) is 60.7 Å². The molecule has 2 fully saturated rings. The maximum absolute atomic E-state index is 13.2. The van der Waals surface area contributed by atoms with E-state index in [1.165, 1.54) is 11.1 Å². The third kappa shape index (κ3) is 5.88. The fourth-order valence-corrected chi connectivity index (χ4v) is 7.06. The number of carbonyl (C=O) groups is 1. The van der Waals surface area contributed by atoms with Crippen LogP contribution in [0.2, 0.25) is 0 Å². The van der Waals surface area contributed by atoms with Crippen molar-refractivity contribution in [2.75, 3.05) is 6.61 Å². The number of ether oxygens (including phenoxy) is 1. The van der Waals surface area contributed by atoms with E-state index in [4.69, 9.17) is 13.8 Å². The lowest BCUT2D eigenvalue weighted by Gasteiger charge is -2.48. The lowest BCUT2D eigenvalue weighted by molar-refractivity contribution is -0.163. The zero-order valence-electron chi connectivity index (χ0n) is 20.6. The van der Waals surface area contributed by atoms with Crippen molar-refractivity contribution in [2.24, 2.45) is 5.92 Å². The highest BCUT2D eigenvalue weighted by molar-refractivity contribution is 7.44. The second-order valence-electron chi connectivity index (χ2n) is 9.43. The quantitative estimate of drug-likeness (QED) is 0.212. The second-order valence-corrected chi connectivity index (χ2v) is 10.8. The molecule has 2 aromatic carbocycles. The average Bonchev–Trinajstić information content (AvgIpc) is 2.89. The monoisotopic (exact) mass is 483 g/mol. The third-order valence-corrected chi connectivity index (χ3v) is 9.02. The van der Waals surface area contributed by atoms with Gasteiger partial charge in [-0.05, 0) is 44.2 Å². The number of nitrogens with zero attached hydrogens (tertiary/aromatic N) is 1. The summed E-state index contributed by atoms with van der Waals surface area (Å²) in [4.78, 5) is 13.2. The van der Waals surface area contributed by atoms with Crippen LogP contribution in [0.25, 0.3) is 0 Å². The van der Waals surface area contributed by atoms with E-state index < -0.39 is 14.6 Å². The van der Waals surface area contributed by atoms with Crippen LogP contribution in [-0.2, 0) is 18.6 Å². The first-order valence-corrected chi connectivity index (χ1v) is 13.9. The van der Waals surface area contributed by atoms with Gasteiger partial charge in [0.25, 0.3) is 8.53 Å². The van der Waals surface area contributed by atoms with Crippen molar-refractivity contribution in [3.05, 3.63) is 71.8 Å². The van der Waals surface area contributed by atoms with Gasteiger partial charge in [0.05, 0.1) is 12.7 Å². The topological polar surface area (TPSA) is 48.0 Å². The van der Waals surface area contributed by atoms with Crippen molar-refractivity contribution in [2.45, 2.75) is 83.6 Å². The molecular weight excluding hydrogens is 445 g/mol. The van der Waals surface area contributed by atoms with Crippen molar-refractivity contribution in [3.63, 3.8) is 0 Å². The highest BCUT2D eigenvalue weighted by Crippen LogP contribution is 2.59. The van der Waals surface area contributed by atoms with Gasteiger partial charge in [-0.3, -0.25) is 0 Å². The fraction of sp³-hybridized carbons (Fsp3) is 0.536. The Labute approximate surface area is 205 Å². The first kappa shape index (κ1) is 25.3. The van der Waals surface area contributed by atoms with Crippen molar-refractivity contribution >= 4 is 14.5 Å². The maximum Gasteiger partial charge on any atom is 0.336 e. The van der Waals surface area contributed by atoms with Gasteiger partial charge in [-0.15, -0.1) is 0 Å². The lowest BCUT2D eigenvalue weighted by atomic mass is 9.83. The number of unbranched alkanes of at least 4 members (excludes halogenated alkanes) is 1. The minimum absolute atomic E-state index is 0.0331. The molecule has 1 aliphatic carbocycles. The number of benzene rings is 2. The maximum atomic E-state index is 13.2. The first-order valence-electron chi connectivity index (χ1n) is 12.8. The fourth-order valence-electron chi connectivity index (χ4n) is 5.03. The molecule has 3 unspecified atom stereocenters. The van der Waals surface area contributed by atoms with E-state index in [1.807, 2.05) is 12.1 Å². The molecule has 0 amide bonds. The lowest BCUT2D eigenvalue weighted by Crippen LogP contribution is -2.47. The summed E-state index contributed by atoms with van der Waals surface area (Å²) in [6.07, 6.45) is 5.50. The Balaban J connectivity index is 1.64. The number of esters is 1. The van der Waals surface area contributed by atoms with Crippen LogP contribution in [0, 0.1) is 5.92 Å². The highest BCUT2D eigenvalue weighted by Gasteiger charge is 2.49. The van der Waals surface area contributed by atoms with Crippen molar-refractivity contribution in [1.82, 2.24) is 4.67 Å². The van der Waals surface area contributed by atoms with Gasteiger partial charge < -0.3 is 13.8 Å². The van der Waals surface area contributed by atoms with Crippen LogP contribution in [0.4, 0.5) is 0 Å². The molecule has 1 saturated carbocycles. The van der Waals surface area contributed by atoms with Crippen LogP contribution in [0.1, 0.15) is 82.5 Å². The number of hydrogen-bond donors (Lipinski definition) is 0. The molecular formula is C28H38NO4P. The predicted molar refractivity (Wildman–Crippen MR) is 136 cm³/mol. The van der Waals surface area contributed by atoms with E-state index in [-0.39, 0.29) is 30.1 Å². The summed E-state index contributed by atoms with van der Waals surface area (Å²) in [6, 6.07) is 21.0. The summed E-state index contributed by atoms with van der Waals surface area (Å²) < 4.78 is 21.3. The predicted octanol–water partition coefficient (Wildman–Crippen LogP) is 7.36. The van der Waals surface area contributed by atoms with Crippen molar-refractivity contribution in [3.8, 4) is 0 Å². The number of fused-ring (bicyclic) bond motifs is 1. The van der Waals surface area contributed by atoms with Gasteiger partial charge in [0.2, 0.25) is 0 Å². The Hall–Kier alpha value is -1.78. The van der Waals surface area contributed by atoms with Crippen molar-refractivity contribution < 1.29 is 18.6 Å². The van der Waals surface area contributed by atoms with Gasteiger partial charge in [0.1, 0.15) is 0 Å². The minimum Gasteiger partial charge on any atom is -0.464 e. The average molecular weight is 484 g/mol. The molecule has 2 aliphatic rings. The third-order valence-electron chi connectivity index (χ3n) is 7.09. The molecule has 1 aliphatic heterocycles. The van der Waals surface area contributed by atoms with E-state index in [2.05, 4.69) is 74.0 Å². The number of rotatable bonds is 9. The van der Waals surface area contributed by atoms with E-state index in [9.17, 15) is 4.79 Å². The van der Waals surface area contributed by atoms with E-state index in [0.29, 0.717) is 6.61 Å². The molecule has 6 heteroatoms. The summed E-state index contributed by atoms with van der Waals surface area (Å²) in [5, 5.41) is 0. The highest BCUT2D eigenvalue weighted by atomic mass is 31.2. The molecule has 34 heavy (non-hydrogen) atoms. The molecule has 1 saturated heterocycles. The van der Waals surface area contributed by atoms with Gasteiger partial charge >= 0.3 is 5.97 Å². The molecule has 5 nitrogen and oxygen atoms in total. The summed E-state index contributed by atoms with van der Waals surface area (Å²) in [5.74, 6) is -0.150. The Morgan fingerprint density at radius 1 is 0.971 bits per heavy atom. The molecule has 0 spiro atoms. The molecule has 1 heterocycles. The van der Waals surface area contributed by atoms with E-state index in [0.717, 1.165) is 38.5 Å². The summed E-state index contributed by atoms with van der Waals surface area (Å²) in [7, 11) is -1.46. The Bertz CT molecular complexity index is 850. The van der Waals surface area contributed by atoms with Gasteiger partial charge in [-0.25, -0.2) is 9.46 Å². The molecule has 6 atom stereocenters. The molecule has 2 aromatic rings. The summed E-state index contributed by atoms with van der Waals surface area (Å²) in [6.45, 7) is 6.95. The largest absolute Gasteiger partial charge is 0.464 e. The van der Waals surface area contributed by atoms with Gasteiger partial charge in [-0.1, -0.05) is 86.8 Å². The Morgan fingerprint density at radius 2 is 1.56 bits per heavy atom. The molecule has 0 radical (unpaired) electrons. The molecule has 4 rings (SSSR count). The summed E-state index contributed by atoms with van der Waals surface area (Å²) >= 11 is 0. The molecule has 0 aromatic heterocycles. The van der Waals surface area contributed by atoms with Crippen LogP contribution in [-0.4, -0.2) is 29.5 Å². The smallest absolute Gasteiger partial charge is 0.336 e. The van der Waals surface area contributed by atoms with Gasteiger partial charge in [0.15, 0.2) is 6.10 Å². The summed E-state index contributed by atoms with van der Waals surface area (Å²) in [5.41, 5.74) is 2.40. The van der Waals surface area contributed by atoms with Crippen LogP contribution < -0.4 is 0 Å². The zero-order chi connectivity index (χ0) is 23.9. The van der Waals surface area contributed by atoms with Crippen LogP contribution in [0.5, 0.6) is 0 Å². The van der Waals surface area contributed by atoms with Crippen LogP contribution >= 0.6 is 8.53 Å². The normalized spacial score (nSPS) is 26.5. The SMILES string of the molecule is CCCCOC(=O)[C@H]1OP(N([C@@H](C)c2ccccc2)[C@@H](C)c2ccccc2)OC2CCCCC21. The second kappa shape index (κ2) is 12.3. The van der Waals surface area contributed by atoms with Gasteiger partial charge in [-0.2, -0.15) is 0 Å². The standard InChI is InChI=1S/C28H38NO4P/c1-4-5-20-31-28(30)27-25-18-12-13-19-26(25)32-34(33-27)29(21(2)23-14-8-6-9-15-23)22(3)24-16-10-7-11-17-24/h6-11,14-17,21-22,25-27H,4-5,12-13,18-20H2,1-3H3/t21-,22-,25?,26?,27-,34?/m0/s1. The first-order chi connectivity index (χ1) is 16.6. The van der Waals surface area contributed by atoms with Crippen LogP contribution in [0.3, 0.4) is 0 Å². The Kier molecular flexibility index (Phi) is 9.13. The minimum atomic E-state index is -1.46. The molecule has 0 bridgehead atoms. The Morgan fingerprint density at radius 3 is 2.15 bits per heavy atom. The zero-order valence-corrected chi connectivity index (χ0v) is 21.5. The number of hydrogen-bond acceptors (Lipinski definition) is 5. The molecule has 0 N–H and O–H groups in total. The van der Waals surface area contributed by atoms with E-state index in [1.54, 1.807) is 0 Å².